The largest absolute Gasteiger partial charge is 0.434 e. The molecule has 7 heteroatoms. The maximum atomic E-state index is 11.3. The third-order valence-corrected chi connectivity index (χ3v) is 3.04. The molecule has 17 heavy (non-hydrogen) atoms. The lowest BCUT2D eigenvalue weighted by molar-refractivity contribution is 0.453. The number of hydrogen-bond acceptors (Lipinski definition) is 4. The van der Waals surface area contributed by atoms with Crippen molar-refractivity contribution in [2.24, 2.45) is 0 Å². The van der Waals surface area contributed by atoms with Crippen LogP contribution in [0.15, 0.2) is 23.5 Å². The molecule has 2 rings (SSSR count). The SMILES string of the molecule is CC(C)n1cc(Oc2nc[nH]c(=O)c2I)cn1. The Morgan fingerprint density at radius 2 is 2.29 bits per heavy atom. The predicted octanol–water partition coefficient (Wildman–Crippen LogP) is 1.94. The molecule has 2 heterocycles. The van der Waals surface area contributed by atoms with Gasteiger partial charge < -0.3 is 9.72 Å². The van der Waals surface area contributed by atoms with Gasteiger partial charge in [-0.15, -0.1) is 0 Å². The number of aromatic nitrogens is 4. The lowest BCUT2D eigenvalue weighted by atomic mass is 10.4. The topological polar surface area (TPSA) is 72.8 Å². The zero-order chi connectivity index (χ0) is 12.4. The fourth-order valence-corrected chi connectivity index (χ4v) is 1.61. The van der Waals surface area contributed by atoms with E-state index in [9.17, 15) is 4.79 Å². The van der Waals surface area contributed by atoms with Crippen LogP contribution in [0.3, 0.4) is 0 Å². The first-order chi connectivity index (χ1) is 8.08. The summed E-state index contributed by atoms with van der Waals surface area (Å²) in [6.45, 7) is 4.04. The van der Waals surface area contributed by atoms with Gasteiger partial charge in [0, 0.05) is 6.04 Å². The van der Waals surface area contributed by atoms with Gasteiger partial charge in [-0.25, -0.2) is 4.98 Å². The van der Waals surface area contributed by atoms with Gasteiger partial charge in [0.15, 0.2) is 5.75 Å². The van der Waals surface area contributed by atoms with Crippen molar-refractivity contribution >= 4 is 22.6 Å². The van der Waals surface area contributed by atoms with Gasteiger partial charge in [0.25, 0.3) is 5.56 Å². The molecule has 0 fully saturated rings. The maximum Gasteiger partial charge on any atom is 0.268 e. The minimum atomic E-state index is -0.216. The van der Waals surface area contributed by atoms with Gasteiger partial charge in [-0.1, -0.05) is 0 Å². The summed E-state index contributed by atoms with van der Waals surface area (Å²) in [7, 11) is 0. The monoisotopic (exact) mass is 346 g/mol. The standard InChI is InChI=1S/C10H11IN4O2/c1-6(2)15-4-7(3-14-15)17-10-8(11)9(16)12-5-13-10/h3-6H,1-2H3,(H,12,13,16). The number of hydrogen-bond donors (Lipinski definition) is 1. The van der Waals surface area contributed by atoms with Crippen molar-refractivity contribution in [3.05, 3.63) is 32.6 Å². The Morgan fingerprint density at radius 3 is 2.94 bits per heavy atom. The van der Waals surface area contributed by atoms with E-state index in [1.165, 1.54) is 6.33 Å². The highest BCUT2D eigenvalue weighted by molar-refractivity contribution is 14.1. The third-order valence-electron chi connectivity index (χ3n) is 2.09. The van der Waals surface area contributed by atoms with Crippen molar-refractivity contribution in [2.45, 2.75) is 19.9 Å². The van der Waals surface area contributed by atoms with E-state index in [0.29, 0.717) is 9.32 Å². The molecule has 6 nitrogen and oxygen atoms in total. The third kappa shape index (κ3) is 2.65. The second kappa shape index (κ2) is 4.86. The fourth-order valence-electron chi connectivity index (χ4n) is 1.21. The van der Waals surface area contributed by atoms with Crippen LogP contribution in [-0.4, -0.2) is 19.7 Å². The van der Waals surface area contributed by atoms with Crippen molar-refractivity contribution in [1.82, 2.24) is 19.7 Å². The van der Waals surface area contributed by atoms with E-state index < -0.39 is 0 Å². The van der Waals surface area contributed by atoms with Crippen LogP contribution in [-0.2, 0) is 0 Å². The van der Waals surface area contributed by atoms with E-state index in [4.69, 9.17) is 4.74 Å². The first-order valence-corrected chi connectivity index (χ1v) is 6.11. The van der Waals surface area contributed by atoms with Crippen LogP contribution in [0, 0.1) is 3.57 Å². The first-order valence-electron chi connectivity index (χ1n) is 5.03. The number of aromatic amines is 1. The van der Waals surface area contributed by atoms with Crippen molar-refractivity contribution in [2.75, 3.05) is 0 Å². The molecule has 0 bridgehead atoms. The van der Waals surface area contributed by atoms with E-state index in [2.05, 4.69) is 15.1 Å². The van der Waals surface area contributed by atoms with Gasteiger partial charge >= 0.3 is 0 Å². The average Bonchev–Trinajstić information content (AvgIpc) is 2.73. The lowest BCUT2D eigenvalue weighted by Gasteiger charge is -2.04. The van der Waals surface area contributed by atoms with Crippen LogP contribution in [0.25, 0.3) is 0 Å². The molecule has 0 unspecified atom stereocenters. The second-order valence-corrected chi connectivity index (χ2v) is 4.78. The first kappa shape index (κ1) is 12.1. The van der Waals surface area contributed by atoms with E-state index in [1.807, 2.05) is 36.4 Å². The van der Waals surface area contributed by atoms with E-state index >= 15 is 0 Å². The molecule has 0 amide bonds. The summed E-state index contributed by atoms with van der Waals surface area (Å²) in [6.07, 6.45) is 4.68. The highest BCUT2D eigenvalue weighted by atomic mass is 127. The zero-order valence-electron chi connectivity index (χ0n) is 9.35. The molecule has 1 N–H and O–H groups in total. The normalized spacial score (nSPS) is 10.8. The second-order valence-electron chi connectivity index (χ2n) is 3.70. The van der Waals surface area contributed by atoms with E-state index in [-0.39, 0.29) is 17.5 Å². The quantitative estimate of drug-likeness (QED) is 0.863. The molecule has 0 spiro atoms. The molecule has 0 aliphatic rings. The Kier molecular flexibility index (Phi) is 3.46. The van der Waals surface area contributed by atoms with Crippen LogP contribution in [0.2, 0.25) is 0 Å². The fraction of sp³-hybridized carbons (Fsp3) is 0.300. The molecule has 0 aromatic carbocycles. The smallest absolute Gasteiger partial charge is 0.268 e. The Bertz CT molecular complexity index is 576. The Balaban J connectivity index is 2.25. The Hall–Kier alpha value is -1.38. The Morgan fingerprint density at radius 1 is 1.53 bits per heavy atom. The summed E-state index contributed by atoms with van der Waals surface area (Å²) < 4.78 is 7.69. The minimum absolute atomic E-state index is 0.216. The van der Waals surface area contributed by atoms with Crippen molar-refractivity contribution in [3.63, 3.8) is 0 Å². The highest BCUT2D eigenvalue weighted by Gasteiger charge is 2.09. The number of H-pyrrole nitrogens is 1. The molecule has 0 saturated heterocycles. The predicted molar refractivity (Wildman–Crippen MR) is 70.3 cm³/mol. The number of nitrogens with one attached hydrogen (secondary N) is 1. The molecule has 0 saturated carbocycles. The van der Waals surface area contributed by atoms with E-state index in [0.717, 1.165) is 0 Å². The minimum Gasteiger partial charge on any atom is -0.434 e. The van der Waals surface area contributed by atoms with Crippen molar-refractivity contribution in [1.29, 1.82) is 0 Å². The highest BCUT2D eigenvalue weighted by Crippen LogP contribution is 2.21. The maximum absolute atomic E-state index is 11.3. The van der Waals surface area contributed by atoms with Gasteiger partial charge in [-0.3, -0.25) is 9.48 Å². The van der Waals surface area contributed by atoms with Gasteiger partial charge in [-0.05, 0) is 36.4 Å². The van der Waals surface area contributed by atoms with Crippen LogP contribution in [0.1, 0.15) is 19.9 Å². The van der Waals surface area contributed by atoms with Gasteiger partial charge in [0.1, 0.15) is 3.57 Å². The number of halogens is 1. The molecule has 0 radical (unpaired) electrons. The summed E-state index contributed by atoms with van der Waals surface area (Å²) in [6, 6.07) is 0.263. The lowest BCUT2D eigenvalue weighted by Crippen LogP contribution is -2.11. The summed E-state index contributed by atoms with van der Waals surface area (Å²) in [4.78, 5) is 17.8. The molecule has 90 valence electrons. The summed E-state index contributed by atoms with van der Waals surface area (Å²) in [5.74, 6) is 0.854. The van der Waals surface area contributed by atoms with Crippen LogP contribution < -0.4 is 10.3 Å². The van der Waals surface area contributed by atoms with Crippen LogP contribution >= 0.6 is 22.6 Å². The Labute approximate surface area is 111 Å². The molecule has 2 aromatic rings. The van der Waals surface area contributed by atoms with Gasteiger partial charge in [-0.2, -0.15) is 5.10 Å². The molecule has 2 aromatic heterocycles. The van der Waals surface area contributed by atoms with Crippen LogP contribution in [0.5, 0.6) is 11.6 Å². The summed E-state index contributed by atoms with van der Waals surface area (Å²) >= 11 is 1.89. The van der Waals surface area contributed by atoms with Gasteiger partial charge in [0.05, 0.1) is 18.7 Å². The van der Waals surface area contributed by atoms with Crippen molar-refractivity contribution < 1.29 is 4.74 Å². The van der Waals surface area contributed by atoms with Crippen molar-refractivity contribution in [3.8, 4) is 11.6 Å². The molecular weight excluding hydrogens is 335 g/mol. The molecule has 0 aliphatic heterocycles. The molecule has 0 aliphatic carbocycles. The summed E-state index contributed by atoms with van der Waals surface area (Å²) in [5, 5.41) is 4.14. The van der Waals surface area contributed by atoms with Gasteiger partial charge in [0.2, 0.25) is 5.88 Å². The number of rotatable bonds is 3. The van der Waals surface area contributed by atoms with Crippen LogP contribution in [0.4, 0.5) is 0 Å². The molecule has 0 atom stereocenters. The number of nitrogens with zero attached hydrogens (tertiary/aromatic N) is 3. The zero-order valence-corrected chi connectivity index (χ0v) is 11.5. The van der Waals surface area contributed by atoms with E-state index in [1.54, 1.807) is 17.1 Å². The molecular formula is C10H11IN4O2. The summed E-state index contributed by atoms with van der Waals surface area (Å²) in [5.41, 5.74) is -0.216. The average molecular weight is 346 g/mol. The number of ether oxygens (including phenoxy) is 1.